The highest BCUT2D eigenvalue weighted by Crippen LogP contribution is 2.29. The molecule has 0 atom stereocenters. The largest absolute Gasteiger partial charge is 0.369 e. The molecule has 0 aromatic heterocycles. The fourth-order valence-corrected chi connectivity index (χ4v) is 3.80. The van der Waals surface area contributed by atoms with E-state index in [2.05, 4.69) is 0 Å². The first-order chi connectivity index (χ1) is 10.3. The molecule has 2 N–H and O–H groups in total. The molecule has 1 aliphatic heterocycles. The number of hydrogen-bond acceptors (Lipinski definition) is 6. The number of nitro benzene ring substituents is 1. The Hall–Kier alpha value is -1.42. The number of anilines is 1. The molecule has 10 heteroatoms. The van der Waals surface area contributed by atoms with Gasteiger partial charge in [0.15, 0.2) is 0 Å². The lowest BCUT2D eigenvalue weighted by Crippen LogP contribution is -2.49. The van der Waals surface area contributed by atoms with Gasteiger partial charge in [-0.25, -0.2) is 8.42 Å². The summed E-state index contributed by atoms with van der Waals surface area (Å²) in [5, 5.41) is 11.0. The molecule has 2 rings (SSSR count). The zero-order valence-electron chi connectivity index (χ0n) is 11.8. The molecule has 0 amide bonds. The molecule has 0 spiro atoms. The standard InChI is InChI=1S/C12H17ClN4O4S/c13-11-2-1-10(9-12(11)17(18)19)15-4-6-16(7-5-15)22(20,21)8-3-14/h1-2,9H,3-8,14H2. The third kappa shape index (κ3) is 3.67. The highest BCUT2D eigenvalue weighted by atomic mass is 35.5. The van der Waals surface area contributed by atoms with Crippen molar-refractivity contribution >= 4 is 33.0 Å². The molecule has 0 radical (unpaired) electrons. The minimum absolute atomic E-state index is 0.0700. The Bertz CT molecular complexity index is 659. The van der Waals surface area contributed by atoms with Gasteiger partial charge >= 0.3 is 0 Å². The zero-order chi connectivity index (χ0) is 16.3. The van der Waals surface area contributed by atoms with Gasteiger partial charge in [0, 0.05) is 44.5 Å². The van der Waals surface area contributed by atoms with E-state index in [4.69, 9.17) is 17.3 Å². The van der Waals surface area contributed by atoms with Gasteiger partial charge < -0.3 is 10.6 Å². The molecular weight excluding hydrogens is 332 g/mol. The SMILES string of the molecule is NCCS(=O)(=O)N1CCN(c2ccc(Cl)c([N+](=O)[O-])c2)CC1. The second-order valence-electron chi connectivity index (χ2n) is 4.88. The molecule has 1 aromatic rings. The highest BCUT2D eigenvalue weighted by molar-refractivity contribution is 7.89. The number of halogens is 1. The maximum absolute atomic E-state index is 11.9. The van der Waals surface area contributed by atoms with Crippen molar-refractivity contribution in [3.05, 3.63) is 33.3 Å². The Kier molecular flexibility index (Phi) is 5.22. The van der Waals surface area contributed by atoms with Crippen LogP contribution in [0.25, 0.3) is 0 Å². The van der Waals surface area contributed by atoms with Crippen LogP contribution >= 0.6 is 11.6 Å². The maximum Gasteiger partial charge on any atom is 0.289 e. The molecule has 1 fully saturated rings. The lowest BCUT2D eigenvalue weighted by Gasteiger charge is -2.35. The van der Waals surface area contributed by atoms with Gasteiger partial charge in [0.2, 0.25) is 10.0 Å². The van der Waals surface area contributed by atoms with Crippen LogP contribution in [0.4, 0.5) is 11.4 Å². The van der Waals surface area contributed by atoms with Gasteiger partial charge in [-0.2, -0.15) is 4.31 Å². The molecule has 8 nitrogen and oxygen atoms in total. The van der Waals surface area contributed by atoms with Gasteiger partial charge in [0.05, 0.1) is 10.7 Å². The summed E-state index contributed by atoms with van der Waals surface area (Å²) in [5.41, 5.74) is 5.81. The minimum Gasteiger partial charge on any atom is -0.369 e. The minimum atomic E-state index is -3.32. The normalized spacial score (nSPS) is 16.7. The zero-order valence-corrected chi connectivity index (χ0v) is 13.4. The summed E-state index contributed by atoms with van der Waals surface area (Å²) in [4.78, 5) is 12.3. The van der Waals surface area contributed by atoms with Crippen molar-refractivity contribution in [2.75, 3.05) is 43.4 Å². The highest BCUT2D eigenvalue weighted by Gasteiger charge is 2.27. The van der Waals surface area contributed by atoms with Crippen LogP contribution < -0.4 is 10.6 Å². The fourth-order valence-electron chi connectivity index (χ4n) is 2.34. The van der Waals surface area contributed by atoms with Crippen LogP contribution in [-0.4, -0.2) is 56.1 Å². The Morgan fingerprint density at radius 1 is 1.27 bits per heavy atom. The van der Waals surface area contributed by atoms with E-state index in [9.17, 15) is 18.5 Å². The molecule has 0 aliphatic carbocycles. The Morgan fingerprint density at radius 2 is 1.91 bits per heavy atom. The number of nitro groups is 1. The average molecular weight is 349 g/mol. The molecule has 1 aromatic carbocycles. The molecule has 1 heterocycles. The summed E-state index contributed by atoms with van der Waals surface area (Å²) in [6.07, 6.45) is 0. The predicted octanol–water partition coefficient (Wildman–Crippen LogP) is 0.659. The van der Waals surface area contributed by atoms with Crippen molar-refractivity contribution in [3.8, 4) is 0 Å². The topological polar surface area (TPSA) is 110 Å². The van der Waals surface area contributed by atoms with Crippen LogP contribution in [0.2, 0.25) is 5.02 Å². The summed E-state index contributed by atoms with van der Waals surface area (Å²) in [7, 11) is -3.32. The first-order valence-electron chi connectivity index (χ1n) is 6.72. The first kappa shape index (κ1) is 16.9. The van der Waals surface area contributed by atoms with E-state index in [0.717, 1.165) is 0 Å². The number of nitrogens with zero attached hydrogens (tertiary/aromatic N) is 3. The summed E-state index contributed by atoms with van der Waals surface area (Å²) < 4.78 is 25.3. The summed E-state index contributed by atoms with van der Waals surface area (Å²) >= 11 is 5.79. The molecular formula is C12H17ClN4O4S. The quantitative estimate of drug-likeness (QED) is 0.618. The van der Waals surface area contributed by atoms with E-state index < -0.39 is 14.9 Å². The van der Waals surface area contributed by atoms with Crippen LogP contribution in [0.1, 0.15) is 0 Å². The van der Waals surface area contributed by atoms with Crippen molar-refractivity contribution in [1.82, 2.24) is 4.31 Å². The molecule has 0 saturated carbocycles. The molecule has 1 aliphatic rings. The lowest BCUT2D eigenvalue weighted by molar-refractivity contribution is -0.384. The predicted molar refractivity (Wildman–Crippen MR) is 84.7 cm³/mol. The van der Waals surface area contributed by atoms with E-state index in [1.807, 2.05) is 4.90 Å². The molecule has 0 unspecified atom stereocenters. The second kappa shape index (κ2) is 6.78. The van der Waals surface area contributed by atoms with Crippen LogP contribution in [0.3, 0.4) is 0 Å². The number of hydrogen-bond donors (Lipinski definition) is 1. The van der Waals surface area contributed by atoms with Crippen molar-refractivity contribution in [3.63, 3.8) is 0 Å². The van der Waals surface area contributed by atoms with Crippen molar-refractivity contribution in [1.29, 1.82) is 0 Å². The summed E-state index contributed by atoms with van der Waals surface area (Å²) in [6.45, 7) is 1.68. The molecule has 22 heavy (non-hydrogen) atoms. The Morgan fingerprint density at radius 3 is 2.45 bits per heavy atom. The van der Waals surface area contributed by atoms with Gasteiger partial charge in [-0.05, 0) is 12.1 Å². The second-order valence-corrected chi connectivity index (χ2v) is 7.38. The van der Waals surface area contributed by atoms with Crippen molar-refractivity contribution < 1.29 is 13.3 Å². The smallest absolute Gasteiger partial charge is 0.289 e. The van der Waals surface area contributed by atoms with E-state index in [-0.39, 0.29) is 23.0 Å². The maximum atomic E-state index is 11.9. The number of piperazine rings is 1. The molecule has 0 bridgehead atoms. The Labute approximate surface area is 133 Å². The van der Waals surface area contributed by atoms with Gasteiger partial charge in [-0.1, -0.05) is 11.6 Å². The van der Waals surface area contributed by atoms with Crippen LogP contribution in [-0.2, 0) is 10.0 Å². The van der Waals surface area contributed by atoms with E-state index in [0.29, 0.717) is 31.9 Å². The number of benzene rings is 1. The monoisotopic (exact) mass is 348 g/mol. The van der Waals surface area contributed by atoms with Crippen molar-refractivity contribution in [2.24, 2.45) is 5.73 Å². The van der Waals surface area contributed by atoms with Crippen LogP contribution in [0.5, 0.6) is 0 Å². The third-order valence-electron chi connectivity index (χ3n) is 3.50. The Balaban J connectivity index is 2.09. The molecule has 122 valence electrons. The van der Waals surface area contributed by atoms with E-state index in [1.165, 1.54) is 16.4 Å². The van der Waals surface area contributed by atoms with Crippen molar-refractivity contribution in [2.45, 2.75) is 0 Å². The first-order valence-corrected chi connectivity index (χ1v) is 8.70. The number of nitrogens with two attached hydrogens (primary N) is 1. The van der Waals surface area contributed by atoms with Gasteiger partial charge in [0.25, 0.3) is 5.69 Å². The molecule has 1 saturated heterocycles. The average Bonchev–Trinajstić information content (AvgIpc) is 2.47. The van der Waals surface area contributed by atoms with Crippen LogP contribution in [0.15, 0.2) is 18.2 Å². The fraction of sp³-hybridized carbons (Fsp3) is 0.500. The summed E-state index contributed by atoms with van der Waals surface area (Å²) in [5.74, 6) is -0.0700. The summed E-state index contributed by atoms with van der Waals surface area (Å²) in [6, 6.07) is 4.58. The van der Waals surface area contributed by atoms with Crippen LogP contribution in [0, 0.1) is 10.1 Å². The number of rotatable bonds is 5. The number of sulfonamides is 1. The third-order valence-corrected chi connectivity index (χ3v) is 5.72. The lowest BCUT2D eigenvalue weighted by atomic mass is 10.2. The van der Waals surface area contributed by atoms with E-state index in [1.54, 1.807) is 6.07 Å². The van der Waals surface area contributed by atoms with Gasteiger partial charge in [-0.15, -0.1) is 0 Å². The van der Waals surface area contributed by atoms with E-state index >= 15 is 0 Å². The van der Waals surface area contributed by atoms with Gasteiger partial charge in [-0.3, -0.25) is 10.1 Å². The van der Waals surface area contributed by atoms with Gasteiger partial charge in [0.1, 0.15) is 5.02 Å².